The molecule has 5 nitrogen and oxygen atoms in total. The maximum absolute atomic E-state index is 12.2. The molecule has 0 bridgehead atoms. The maximum atomic E-state index is 12.2. The van der Waals surface area contributed by atoms with Crippen molar-refractivity contribution in [2.75, 3.05) is 29.4 Å². The highest BCUT2D eigenvalue weighted by atomic mass is 35.5. The van der Waals surface area contributed by atoms with Gasteiger partial charge in [0, 0.05) is 17.3 Å². The van der Waals surface area contributed by atoms with Gasteiger partial charge in [0.15, 0.2) is 0 Å². The fraction of sp³-hybridized carbons (Fsp3) is 0.316. The predicted molar refractivity (Wildman–Crippen MR) is 124 cm³/mol. The van der Waals surface area contributed by atoms with Gasteiger partial charge in [-0.15, -0.1) is 0 Å². The molecule has 0 saturated heterocycles. The van der Waals surface area contributed by atoms with E-state index in [1.165, 1.54) is 18.2 Å². The quantitative estimate of drug-likeness (QED) is 0.478. The molecule has 10 heteroatoms. The van der Waals surface area contributed by atoms with Crippen molar-refractivity contribution in [1.29, 1.82) is 0 Å². The smallest absolute Gasteiger partial charge is 0.240 e. The fourth-order valence-electron chi connectivity index (χ4n) is 2.43. The Morgan fingerprint density at radius 1 is 1.07 bits per heavy atom. The number of halogens is 3. The van der Waals surface area contributed by atoms with Crippen molar-refractivity contribution < 1.29 is 13.2 Å². The summed E-state index contributed by atoms with van der Waals surface area (Å²) < 4.78 is 25.2. The molecule has 0 aromatic heterocycles. The Morgan fingerprint density at radius 3 is 2.45 bits per heavy atom. The number of carbonyl (C=O) groups is 1. The Hall–Kier alpha value is -1.12. The SMILES string of the molecule is CS(=O)(=O)N(CC(=O)NCCCSCc1ccccc1Cl)c1ccc(Cl)c(Cl)c1. The van der Waals surface area contributed by atoms with Gasteiger partial charge in [-0.05, 0) is 42.0 Å². The van der Waals surface area contributed by atoms with Crippen LogP contribution in [0.25, 0.3) is 0 Å². The molecule has 1 N–H and O–H groups in total. The van der Waals surface area contributed by atoms with Crippen LogP contribution >= 0.6 is 46.6 Å². The first kappa shape index (κ1) is 24.2. The fourth-order valence-corrected chi connectivity index (χ4v) is 4.81. The summed E-state index contributed by atoms with van der Waals surface area (Å²) in [5.41, 5.74) is 1.36. The van der Waals surface area contributed by atoms with E-state index in [4.69, 9.17) is 34.8 Å². The molecule has 0 unspecified atom stereocenters. The average molecular weight is 496 g/mol. The monoisotopic (exact) mass is 494 g/mol. The van der Waals surface area contributed by atoms with Crippen LogP contribution in [0.3, 0.4) is 0 Å². The van der Waals surface area contributed by atoms with Gasteiger partial charge in [0.25, 0.3) is 0 Å². The summed E-state index contributed by atoms with van der Waals surface area (Å²) >= 11 is 19.7. The Balaban J connectivity index is 1.80. The second-order valence-electron chi connectivity index (χ2n) is 6.22. The first-order chi connectivity index (χ1) is 13.7. The summed E-state index contributed by atoms with van der Waals surface area (Å²) in [5, 5.41) is 4.02. The highest BCUT2D eigenvalue weighted by molar-refractivity contribution is 7.98. The number of sulfonamides is 1. The van der Waals surface area contributed by atoms with Crippen LogP contribution in [0.2, 0.25) is 15.1 Å². The first-order valence-corrected chi connectivity index (χ1v) is 12.8. The topological polar surface area (TPSA) is 66.5 Å². The number of hydrogen-bond donors (Lipinski definition) is 1. The lowest BCUT2D eigenvalue weighted by Gasteiger charge is -2.22. The second-order valence-corrected chi connectivity index (χ2v) is 10.4. The van der Waals surface area contributed by atoms with Crippen LogP contribution in [-0.4, -0.2) is 39.4 Å². The third-order valence-electron chi connectivity index (χ3n) is 3.88. The van der Waals surface area contributed by atoms with E-state index in [1.54, 1.807) is 11.8 Å². The van der Waals surface area contributed by atoms with E-state index in [1.807, 2.05) is 24.3 Å². The van der Waals surface area contributed by atoms with Gasteiger partial charge in [-0.2, -0.15) is 11.8 Å². The summed E-state index contributed by atoms with van der Waals surface area (Å²) in [7, 11) is -3.66. The van der Waals surface area contributed by atoms with Crippen LogP contribution in [0.1, 0.15) is 12.0 Å². The van der Waals surface area contributed by atoms with E-state index in [0.717, 1.165) is 39.1 Å². The van der Waals surface area contributed by atoms with Gasteiger partial charge in [-0.1, -0.05) is 53.0 Å². The molecular formula is C19H21Cl3N2O3S2. The molecule has 0 heterocycles. The van der Waals surface area contributed by atoms with Gasteiger partial charge in [0.1, 0.15) is 6.54 Å². The largest absolute Gasteiger partial charge is 0.354 e. The molecule has 0 spiro atoms. The van der Waals surface area contributed by atoms with Crippen molar-refractivity contribution in [2.45, 2.75) is 12.2 Å². The normalized spacial score (nSPS) is 11.3. The third-order valence-corrected chi connectivity index (χ3v) is 7.22. The highest BCUT2D eigenvalue weighted by Crippen LogP contribution is 2.28. The molecule has 2 rings (SSSR count). The lowest BCUT2D eigenvalue weighted by atomic mass is 10.2. The lowest BCUT2D eigenvalue weighted by molar-refractivity contribution is -0.119. The van der Waals surface area contributed by atoms with Gasteiger partial charge in [-0.25, -0.2) is 8.42 Å². The zero-order chi connectivity index (χ0) is 21.4. The van der Waals surface area contributed by atoms with E-state index < -0.39 is 15.9 Å². The summed E-state index contributed by atoms with van der Waals surface area (Å²) in [4.78, 5) is 12.2. The molecule has 29 heavy (non-hydrogen) atoms. The Bertz CT molecular complexity index is 955. The Labute approximate surface area is 190 Å². The van der Waals surface area contributed by atoms with E-state index >= 15 is 0 Å². The third kappa shape index (κ3) is 7.90. The molecule has 0 aliphatic heterocycles. The summed E-state index contributed by atoms with van der Waals surface area (Å²) in [5.74, 6) is 1.25. The van der Waals surface area contributed by atoms with Gasteiger partial charge in [0.2, 0.25) is 15.9 Å². The van der Waals surface area contributed by atoms with Crippen molar-refractivity contribution in [3.8, 4) is 0 Å². The summed E-state index contributed by atoms with van der Waals surface area (Å²) in [6.45, 7) is 0.122. The number of hydrogen-bond acceptors (Lipinski definition) is 4. The molecule has 0 aliphatic carbocycles. The molecule has 1 amide bonds. The van der Waals surface area contributed by atoms with E-state index in [-0.39, 0.29) is 17.3 Å². The van der Waals surface area contributed by atoms with Gasteiger partial charge in [-0.3, -0.25) is 9.10 Å². The molecule has 0 atom stereocenters. The zero-order valence-corrected chi connectivity index (χ0v) is 19.6. The molecule has 2 aromatic rings. The number of benzene rings is 2. The van der Waals surface area contributed by atoms with Crippen LogP contribution < -0.4 is 9.62 Å². The van der Waals surface area contributed by atoms with Gasteiger partial charge >= 0.3 is 0 Å². The minimum atomic E-state index is -3.66. The molecule has 0 saturated carbocycles. The van der Waals surface area contributed by atoms with Crippen molar-refractivity contribution in [1.82, 2.24) is 5.32 Å². The van der Waals surface area contributed by atoms with E-state index in [9.17, 15) is 13.2 Å². The van der Waals surface area contributed by atoms with Crippen LogP contribution in [0.5, 0.6) is 0 Å². The first-order valence-electron chi connectivity index (χ1n) is 8.69. The lowest BCUT2D eigenvalue weighted by Crippen LogP contribution is -2.40. The Morgan fingerprint density at radius 2 is 1.79 bits per heavy atom. The molecular weight excluding hydrogens is 475 g/mol. The average Bonchev–Trinajstić information content (AvgIpc) is 2.65. The Kier molecular flexibility index (Phi) is 9.43. The summed E-state index contributed by atoms with van der Waals surface area (Å²) in [6, 6.07) is 12.1. The van der Waals surface area contributed by atoms with Gasteiger partial charge < -0.3 is 5.32 Å². The number of nitrogens with one attached hydrogen (secondary N) is 1. The summed E-state index contributed by atoms with van der Waals surface area (Å²) in [6.07, 6.45) is 1.79. The van der Waals surface area contributed by atoms with Crippen LogP contribution in [0.4, 0.5) is 5.69 Å². The molecule has 0 fully saturated rings. The minimum absolute atomic E-state index is 0.216. The molecule has 0 radical (unpaired) electrons. The molecule has 158 valence electrons. The second kappa shape index (κ2) is 11.3. The van der Waals surface area contributed by atoms with Crippen molar-refractivity contribution in [2.24, 2.45) is 0 Å². The number of rotatable bonds is 10. The van der Waals surface area contributed by atoms with Crippen LogP contribution in [0.15, 0.2) is 42.5 Å². The number of thioether (sulfide) groups is 1. The van der Waals surface area contributed by atoms with Gasteiger partial charge in [0.05, 0.1) is 22.0 Å². The van der Waals surface area contributed by atoms with Crippen LogP contribution in [0, 0.1) is 0 Å². The number of nitrogens with zero attached hydrogens (tertiary/aromatic N) is 1. The predicted octanol–water partition coefficient (Wildman–Crippen LogP) is 4.85. The van der Waals surface area contributed by atoms with Crippen LogP contribution in [-0.2, 0) is 20.6 Å². The zero-order valence-electron chi connectivity index (χ0n) is 15.7. The van der Waals surface area contributed by atoms with Crippen molar-refractivity contribution in [3.63, 3.8) is 0 Å². The van der Waals surface area contributed by atoms with E-state index in [2.05, 4.69) is 5.32 Å². The van der Waals surface area contributed by atoms with Crippen molar-refractivity contribution in [3.05, 3.63) is 63.1 Å². The minimum Gasteiger partial charge on any atom is -0.354 e. The molecule has 2 aromatic carbocycles. The maximum Gasteiger partial charge on any atom is 0.240 e. The standard InChI is InChI=1S/C19H21Cl3N2O3S2/c1-29(26,27)24(15-7-8-17(21)18(22)11-15)12-19(25)23-9-4-10-28-13-14-5-2-3-6-16(14)20/h2-3,5-8,11H,4,9-10,12-13H2,1H3,(H,23,25). The number of anilines is 1. The highest BCUT2D eigenvalue weighted by Gasteiger charge is 2.21. The molecule has 0 aliphatic rings. The van der Waals surface area contributed by atoms with Crippen molar-refractivity contribution >= 4 is 68.2 Å². The van der Waals surface area contributed by atoms with E-state index in [0.29, 0.717) is 11.6 Å². The number of carbonyl (C=O) groups excluding carboxylic acids is 1. The number of amides is 1.